The van der Waals surface area contributed by atoms with Crippen molar-refractivity contribution in [3.8, 4) is 11.3 Å². The normalized spacial score (nSPS) is 21.3. The summed E-state index contributed by atoms with van der Waals surface area (Å²) in [5, 5.41) is 5.20. The van der Waals surface area contributed by atoms with Gasteiger partial charge in [0.15, 0.2) is 0 Å². The van der Waals surface area contributed by atoms with E-state index in [0.29, 0.717) is 24.1 Å². The second kappa shape index (κ2) is 6.05. The number of nitrogens with one attached hydrogen (secondary N) is 1. The average Bonchev–Trinajstić information content (AvgIpc) is 3.40. The molecule has 1 unspecified atom stereocenters. The molecule has 5 heterocycles. The number of carbonyl (C=O) groups excluding carboxylic acids is 1. The molecule has 1 amide bonds. The van der Waals surface area contributed by atoms with E-state index in [4.69, 9.17) is 9.84 Å². The molecule has 152 valence electrons. The molecule has 1 spiro atoms. The first-order valence-corrected chi connectivity index (χ1v) is 9.93. The first-order chi connectivity index (χ1) is 13.7. The Morgan fingerprint density at radius 2 is 2.07 bits per heavy atom. The Hall–Kier alpha value is -2.90. The number of carbonyl (C=O) groups is 1. The third-order valence-corrected chi connectivity index (χ3v) is 5.91. The number of halogens is 1. The zero-order valence-electron chi connectivity index (χ0n) is 16.8. The molecule has 0 saturated carbocycles. The van der Waals surface area contributed by atoms with E-state index in [-0.39, 0.29) is 17.3 Å². The van der Waals surface area contributed by atoms with Crippen LogP contribution in [0.5, 0.6) is 0 Å². The molecule has 29 heavy (non-hydrogen) atoms. The van der Waals surface area contributed by atoms with Gasteiger partial charge in [0.25, 0.3) is 0 Å². The number of hydrogen-bond acceptors (Lipinski definition) is 4. The summed E-state index contributed by atoms with van der Waals surface area (Å²) in [4.78, 5) is 21.4. The van der Waals surface area contributed by atoms with Gasteiger partial charge in [0.2, 0.25) is 0 Å². The number of fused-ring (bicyclic) bond motifs is 3. The summed E-state index contributed by atoms with van der Waals surface area (Å²) in [6, 6.07) is 3.85. The number of ether oxygens (including phenoxy) is 1. The fourth-order valence-corrected chi connectivity index (χ4v) is 4.48. The van der Waals surface area contributed by atoms with E-state index >= 15 is 0 Å². The molecule has 5 rings (SSSR count). The van der Waals surface area contributed by atoms with Gasteiger partial charge in [-0.05, 0) is 45.7 Å². The Morgan fingerprint density at radius 1 is 1.28 bits per heavy atom. The molecular weight excluding hydrogens is 373 g/mol. The van der Waals surface area contributed by atoms with Crippen molar-refractivity contribution in [3.05, 3.63) is 36.0 Å². The van der Waals surface area contributed by atoms with Crippen LogP contribution in [0.25, 0.3) is 22.3 Å². The standard InChI is InChI=1S/C21H24FN5O2/c1-20(2,3)29-19(28)26-6-4-21(12-26)5-7-27-17(21)9-16(25-27)13-8-14-15(22)11-24-18(14)23-10-13/h8-11H,4-7,12H2,1-3H3,(H,23,24). The zero-order valence-corrected chi connectivity index (χ0v) is 16.8. The van der Waals surface area contributed by atoms with Crippen LogP contribution in [0, 0.1) is 5.82 Å². The number of nitrogens with zero attached hydrogens (tertiary/aromatic N) is 4. The van der Waals surface area contributed by atoms with Crippen molar-refractivity contribution in [3.63, 3.8) is 0 Å². The van der Waals surface area contributed by atoms with Gasteiger partial charge in [0.05, 0.1) is 11.1 Å². The lowest BCUT2D eigenvalue weighted by Crippen LogP contribution is -2.37. The molecule has 0 aromatic carbocycles. The summed E-state index contributed by atoms with van der Waals surface area (Å²) in [7, 11) is 0. The van der Waals surface area contributed by atoms with Gasteiger partial charge in [-0.1, -0.05) is 0 Å². The minimum absolute atomic E-state index is 0.0982. The topological polar surface area (TPSA) is 76.0 Å². The van der Waals surface area contributed by atoms with E-state index in [9.17, 15) is 9.18 Å². The highest BCUT2D eigenvalue weighted by atomic mass is 19.1. The van der Waals surface area contributed by atoms with Crippen LogP contribution in [0.4, 0.5) is 9.18 Å². The fraction of sp³-hybridized carbons (Fsp3) is 0.476. The summed E-state index contributed by atoms with van der Waals surface area (Å²) >= 11 is 0. The number of aromatic nitrogens is 4. The molecule has 2 aliphatic heterocycles. The summed E-state index contributed by atoms with van der Waals surface area (Å²) in [6.07, 6.45) is 4.61. The Kier molecular flexibility index (Phi) is 3.78. The lowest BCUT2D eigenvalue weighted by atomic mass is 9.82. The molecule has 2 aliphatic rings. The lowest BCUT2D eigenvalue weighted by Gasteiger charge is -2.26. The van der Waals surface area contributed by atoms with Crippen molar-refractivity contribution in [1.82, 2.24) is 24.6 Å². The Labute approximate surface area is 167 Å². The molecule has 8 heteroatoms. The van der Waals surface area contributed by atoms with Gasteiger partial charge in [-0.2, -0.15) is 5.10 Å². The van der Waals surface area contributed by atoms with Crippen LogP contribution in [-0.2, 0) is 16.7 Å². The summed E-state index contributed by atoms with van der Waals surface area (Å²) in [6.45, 7) is 7.77. The van der Waals surface area contributed by atoms with Gasteiger partial charge in [-0.25, -0.2) is 14.2 Å². The molecule has 3 aromatic heterocycles. The van der Waals surface area contributed by atoms with Gasteiger partial charge in [0, 0.05) is 48.7 Å². The predicted molar refractivity (Wildman–Crippen MR) is 106 cm³/mol. The maximum Gasteiger partial charge on any atom is 0.410 e. The number of rotatable bonds is 1. The second-order valence-electron chi connectivity index (χ2n) is 9.08. The molecule has 1 saturated heterocycles. The monoisotopic (exact) mass is 397 g/mol. The van der Waals surface area contributed by atoms with Crippen molar-refractivity contribution in [1.29, 1.82) is 0 Å². The van der Waals surface area contributed by atoms with Crippen molar-refractivity contribution >= 4 is 17.1 Å². The molecule has 0 radical (unpaired) electrons. The molecule has 7 nitrogen and oxygen atoms in total. The van der Waals surface area contributed by atoms with Crippen LogP contribution in [0.15, 0.2) is 24.5 Å². The number of hydrogen-bond donors (Lipinski definition) is 1. The van der Waals surface area contributed by atoms with Crippen LogP contribution >= 0.6 is 0 Å². The molecule has 3 aromatic rings. The van der Waals surface area contributed by atoms with Crippen LogP contribution in [0.3, 0.4) is 0 Å². The fourth-order valence-electron chi connectivity index (χ4n) is 4.48. The smallest absolute Gasteiger partial charge is 0.410 e. The average molecular weight is 397 g/mol. The van der Waals surface area contributed by atoms with E-state index < -0.39 is 5.60 Å². The molecule has 0 bridgehead atoms. The second-order valence-corrected chi connectivity index (χ2v) is 9.08. The molecule has 1 N–H and O–H groups in total. The van der Waals surface area contributed by atoms with Gasteiger partial charge in [-0.3, -0.25) is 4.68 Å². The quantitative estimate of drug-likeness (QED) is 0.677. The van der Waals surface area contributed by atoms with Gasteiger partial charge in [-0.15, -0.1) is 0 Å². The SMILES string of the molecule is CC(C)(C)OC(=O)N1CCC2(CCn3nc(-c4cnc5[nH]cc(F)c5c4)cc32)C1. The molecular formula is C21H24FN5O2. The van der Waals surface area contributed by atoms with Crippen LogP contribution < -0.4 is 0 Å². The lowest BCUT2D eigenvalue weighted by molar-refractivity contribution is 0.0284. The molecule has 1 fully saturated rings. The minimum atomic E-state index is -0.503. The highest BCUT2D eigenvalue weighted by molar-refractivity contribution is 5.81. The van der Waals surface area contributed by atoms with Crippen LogP contribution in [0.1, 0.15) is 39.3 Å². The van der Waals surface area contributed by atoms with Crippen LogP contribution in [0.2, 0.25) is 0 Å². The van der Waals surface area contributed by atoms with E-state index in [2.05, 4.69) is 16.0 Å². The Morgan fingerprint density at radius 3 is 2.86 bits per heavy atom. The Bertz CT molecular complexity index is 1110. The van der Waals surface area contributed by atoms with Crippen molar-refractivity contribution in [2.75, 3.05) is 13.1 Å². The zero-order chi connectivity index (χ0) is 20.4. The summed E-state index contributed by atoms with van der Waals surface area (Å²) in [5.74, 6) is -0.318. The largest absolute Gasteiger partial charge is 0.444 e. The van der Waals surface area contributed by atoms with E-state index in [1.165, 1.54) is 6.20 Å². The molecule has 1 atom stereocenters. The van der Waals surface area contributed by atoms with Crippen LogP contribution in [-0.4, -0.2) is 49.4 Å². The minimum Gasteiger partial charge on any atom is -0.444 e. The maximum absolute atomic E-state index is 13.9. The highest BCUT2D eigenvalue weighted by Crippen LogP contribution is 2.44. The van der Waals surface area contributed by atoms with Crippen molar-refractivity contribution < 1.29 is 13.9 Å². The molecule has 0 aliphatic carbocycles. The van der Waals surface area contributed by atoms with E-state index in [0.717, 1.165) is 36.3 Å². The summed E-state index contributed by atoms with van der Waals surface area (Å²) in [5.41, 5.74) is 2.63. The first-order valence-electron chi connectivity index (χ1n) is 9.93. The first kappa shape index (κ1) is 18.1. The maximum atomic E-state index is 13.9. The third kappa shape index (κ3) is 2.97. The van der Waals surface area contributed by atoms with Gasteiger partial charge < -0.3 is 14.6 Å². The number of pyridine rings is 1. The number of H-pyrrole nitrogens is 1. The highest BCUT2D eigenvalue weighted by Gasteiger charge is 2.47. The van der Waals surface area contributed by atoms with Crippen molar-refractivity contribution in [2.45, 2.75) is 51.2 Å². The number of aromatic amines is 1. The predicted octanol–water partition coefficient (Wildman–Crippen LogP) is 3.85. The van der Waals surface area contributed by atoms with Gasteiger partial charge >= 0.3 is 6.09 Å². The number of likely N-dealkylation sites (tertiary alicyclic amines) is 1. The van der Waals surface area contributed by atoms with E-state index in [1.54, 1.807) is 17.2 Å². The third-order valence-electron chi connectivity index (χ3n) is 5.91. The Balaban J connectivity index is 1.43. The van der Waals surface area contributed by atoms with E-state index in [1.807, 2.05) is 25.5 Å². The number of amides is 1. The van der Waals surface area contributed by atoms with Gasteiger partial charge in [0.1, 0.15) is 17.1 Å². The number of aryl methyl sites for hydroxylation is 1. The summed E-state index contributed by atoms with van der Waals surface area (Å²) < 4.78 is 21.5. The van der Waals surface area contributed by atoms with Crippen molar-refractivity contribution in [2.24, 2.45) is 0 Å².